The highest BCUT2D eigenvalue weighted by Crippen LogP contribution is 2.24. The molecule has 2 N–H and O–H groups in total. The van der Waals surface area contributed by atoms with Gasteiger partial charge in [-0.25, -0.2) is 9.18 Å². The molecule has 0 aliphatic rings. The number of carbonyl (C=O) groups excluding carboxylic acids is 1. The molecule has 26 heavy (non-hydrogen) atoms. The minimum absolute atomic E-state index is 0.0876. The summed E-state index contributed by atoms with van der Waals surface area (Å²) in [4.78, 5) is 14.2. The molecule has 0 bridgehead atoms. The number of rotatable bonds is 5. The van der Waals surface area contributed by atoms with Crippen LogP contribution >= 0.6 is 11.6 Å². The molecule has 1 aromatic heterocycles. The molecule has 3 rings (SSSR count). The van der Waals surface area contributed by atoms with Crippen molar-refractivity contribution in [2.75, 3.05) is 5.32 Å². The number of hydrogen-bond acceptors (Lipinski definition) is 3. The van der Waals surface area contributed by atoms with E-state index in [1.165, 1.54) is 23.3 Å². The average Bonchev–Trinajstić information content (AvgIpc) is 3.12. The number of anilines is 1. The van der Waals surface area contributed by atoms with Crippen LogP contribution in [0.25, 0.3) is 0 Å². The predicted molar refractivity (Wildman–Crippen MR) is 96.5 cm³/mol. The highest BCUT2D eigenvalue weighted by atomic mass is 35.5. The molecule has 0 atom stereocenters. The largest absolute Gasteiger partial charge is 0.508 e. The van der Waals surface area contributed by atoms with E-state index in [-0.39, 0.29) is 23.9 Å². The molecule has 1 heterocycles. The summed E-state index contributed by atoms with van der Waals surface area (Å²) in [5.41, 5.74) is 0.874. The SMILES string of the molecule is O=C(Nc1ccc(F)cc1Cl)N(Cc1ccco1)Cc1ccccc1O. The van der Waals surface area contributed by atoms with E-state index in [1.807, 2.05) is 0 Å². The average molecular weight is 375 g/mol. The second-order valence-electron chi connectivity index (χ2n) is 5.62. The summed E-state index contributed by atoms with van der Waals surface area (Å²) >= 11 is 5.97. The summed E-state index contributed by atoms with van der Waals surface area (Å²) in [6.45, 7) is 0.337. The zero-order chi connectivity index (χ0) is 18.5. The fraction of sp³-hybridized carbons (Fsp3) is 0.105. The third kappa shape index (κ3) is 4.34. The predicted octanol–water partition coefficient (Wildman–Crippen LogP) is 5.01. The van der Waals surface area contributed by atoms with Crippen LogP contribution < -0.4 is 5.32 Å². The van der Waals surface area contributed by atoms with E-state index in [4.69, 9.17) is 16.0 Å². The van der Waals surface area contributed by atoms with E-state index in [9.17, 15) is 14.3 Å². The lowest BCUT2D eigenvalue weighted by Crippen LogP contribution is -2.34. The molecular weight excluding hydrogens is 359 g/mol. The van der Waals surface area contributed by atoms with Gasteiger partial charge < -0.3 is 19.7 Å². The van der Waals surface area contributed by atoms with Crippen molar-refractivity contribution < 1.29 is 18.7 Å². The van der Waals surface area contributed by atoms with Gasteiger partial charge in [0.25, 0.3) is 0 Å². The van der Waals surface area contributed by atoms with E-state index in [2.05, 4.69) is 5.32 Å². The lowest BCUT2D eigenvalue weighted by molar-refractivity contribution is 0.200. The Hall–Kier alpha value is -2.99. The number of halogens is 2. The van der Waals surface area contributed by atoms with Crippen LogP contribution in [-0.4, -0.2) is 16.0 Å². The van der Waals surface area contributed by atoms with Crippen LogP contribution in [0.3, 0.4) is 0 Å². The molecule has 0 spiro atoms. The molecule has 0 aliphatic heterocycles. The lowest BCUT2D eigenvalue weighted by atomic mass is 10.2. The zero-order valence-corrected chi connectivity index (χ0v) is 14.4. The van der Waals surface area contributed by atoms with Gasteiger partial charge in [0.2, 0.25) is 0 Å². The molecule has 7 heteroatoms. The number of nitrogens with zero attached hydrogens (tertiary/aromatic N) is 1. The Labute approximate surface area is 154 Å². The number of aromatic hydroxyl groups is 1. The standard InChI is InChI=1S/C19H16ClFN2O3/c20-16-10-14(21)7-8-17(16)22-19(25)23(12-15-5-3-9-26-15)11-13-4-1-2-6-18(13)24/h1-10,24H,11-12H2,(H,22,25). The number of para-hydroxylation sites is 1. The highest BCUT2D eigenvalue weighted by Gasteiger charge is 2.18. The third-order valence-electron chi connectivity index (χ3n) is 3.74. The van der Waals surface area contributed by atoms with E-state index in [0.29, 0.717) is 17.0 Å². The highest BCUT2D eigenvalue weighted by molar-refractivity contribution is 6.33. The summed E-state index contributed by atoms with van der Waals surface area (Å²) in [6, 6.07) is 13.5. The molecule has 0 aliphatic carbocycles. The van der Waals surface area contributed by atoms with Crippen LogP contribution in [0.4, 0.5) is 14.9 Å². The molecule has 3 aromatic rings. The number of phenolic OH excluding ortho intramolecular Hbond substituents is 1. The van der Waals surface area contributed by atoms with Gasteiger partial charge in [-0.05, 0) is 36.4 Å². The van der Waals surface area contributed by atoms with Gasteiger partial charge in [0.15, 0.2) is 0 Å². The Morgan fingerprint density at radius 3 is 2.65 bits per heavy atom. The molecule has 134 valence electrons. The molecule has 2 amide bonds. The second kappa shape index (κ2) is 7.93. The maximum atomic E-state index is 13.2. The van der Waals surface area contributed by atoms with E-state index < -0.39 is 11.8 Å². The maximum Gasteiger partial charge on any atom is 0.322 e. The summed E-state index contributed by atoms with van der Waals surface area (Å²) in [7, 11) is 0. The summed E-state index contributed by atoms with van der Waals surface area (Å²) in [5.74, 6) is 0.181. The molecule has 5 nitrogen and oxygen atoms in total. The molecule has 2 aromatic carbocycles. The van der Waals surface area contributed by atoms with Crippen LogP contribution in [-0.2, 0) is 13.1 Å². The number of urea groups is 1. The molecule has 0 saturated carbocycles. The Balaban J connectivity index is 1.81. The van der Waals surface area contributed by atoms with Gasteiger partial charge in [-0.15, -0.1) is 0 Å². The normalized spacial score (nSPS) is 10.5. The number of carbonyl (C=O) groups is 1. The Kier molecular flexibility index (Phi) is 5.43. The monoisotopic (exact) mass is 374 g/mol. The molecule has 0 fully saturated rings. The van der Waals surface area contributed by atoms with Crippen LogP contribution in [0, 0.1) is 5.82 Å². The molecular formula is C19H16ClFN2O3. The number of nitrogens with one attached hydrogen (secondary N) is 1. The van der Waals surface area contributed by atoms with Crippen molar-refractivity contribution in [2.24, 2.45) is 0 Å². The zero-order valence-electron chi connectivity index (χ0n) is 13.7. The molecule has 0 unspecified atom stereocenters. The van der Waals surface area contributed by atoms with Gasteiger partial charge in [-0.3, -0.25) is 0 Å². The first-order chi connectivity index (χ1) is 12.5. The minimum atomic E-state index is -0.491. The maximum absolute atomic E-state index is 13.2. The van der Waals surface area contributed by atoms with Crippen molar-refractivity contribution in [3.63, 3.8) is 0 Å². The van der Waals surface area contributed by atoms with Crippen molar-refractivity contribution in [3.8, 4) is 5.75 Å². The van der Waals surface area contributed by atoms with Gasteiger partial charge in [0, 0.05) is 5.56 Å². The number of furan rings is 1. The Bertz CT molecular complexity index is 900. The Morgan fingerprint density at radius 2 is 1.96 bits per heavy atom. The first kappa shape index (κ1) is 17.8. The van der Waals surface area contributed by atoms with Crippen LogP contribution in [0.5, 0.6) is 5.75 Å². The topological polar surface area (TPSA) is 65.7 Å². The first-order valence-corrected chi connectivity index (χ1v) is 8.21. The van der Waals surface area contributed by atoms with Crippen molar-refractivity contribution >= 4 is 23.3 Å². The first-order valence-electron chi connectivity index (χ1n) is 7.83. The van der Waals surface area contributed by atoms with Gasteiger partial charge in [-0.1, -0.05) is 29.8 Å². The van der Waals surface area contributed by atoms with E-state index in [0.717, 1.165) is 6.07 Å². The number of phenols is 1. The smallest absolute Gasteiger partial charge is 0.322 e. The Morgan fingerprint density at radius 1 is 1.15 bits per heavy atom. The summed E-state index contributed by atoms with van der Waals surface area (Å²) in [6.07, 6.45) is 1.52. The van der Waals surface area contributed by atoms with Gasteiger partial charge in [0.05, 0.1) is 30.1 Å². The summed E-state index contributed by atoms with van der Waals surface area (Å²) in [5, 5.41) is 12.7. The molecule has 0 radical (unpaired) electrons. The number of amides is 2. The third-order valence-corrected chi connectivity index (χ3v) is 4.05. The second-order valence-corrected chi connectivity index (χ2v) is 6.03. The van der Waals surface area contributed by atoms with Crippen molar-refractivity contribution in [3.05, 3.63) is 83.0 Å². The lowest BCUT2D eigenvalue weighted by Gasteiger charge is -2.23. The van der Waals surface area contributed by atoms with E-state index >= 15 is 0 Å². The fourth-order valence-corrected chi connectivity index (χ4v) is 2.64. The quantitative estimate of drug-likeness (QED) is 0.659. The van der Waals surface area contributed by atoms with Gasteiger partial charge in [-0.2, -0.15) is 0 Å². The van der Waals surface area contributed by atoms with Crippen LogP contribution in [0.15, 0.2) is 65.3 Å². The van der Waals surface area contributed by atoms with Gasteiger partial charge >= 0.3 is 6.03 Å². The minimum Gasteiger partial charge on any atom is -0.508 e. The molecule has 0 saturated heterocycles. The van der Waals surface area contributed by atoms with Crippen LogP contribution in [0.1, 0.15) is 11.3 Å². The van der Waals surface area contributed by atoms with Crippen LogP contribution in [0.2, 0.25) is 5.02 Å². The van der Waals surface area contributed by atoms with Crippen molar-refractivity contribution in [1.82, 2.24) is 4.90 Å². The fourth-order valence-electron chi connectivity index (χ4n) is 2.43. The number of benzene rings is 2. The summed E-state index contributed by atoms with van der Waals surface area (Å²) < 4.78 is 18.5. The number of hydrogen-bond donors (Lipinski definition) is 2. The van der Waals surface area contributed by atoms with Gasteiger partial charge in [0.1, 0.15) is 17.3 Å². The van der Waals surface area contributed by atoms with Crippen molar-refractivity contribution in [2.45, 2.75) is 13.1 Å². The van der Waals surface area contributed by atoms with E-state index in [1.54, 1.807) is 36.4 Å². The van der Waals surface area contributed by atoms with Crippen molar-refractivity contribution in [1.29, 1.82) is 0 Å².